The van der Waals surface area contributed by atoms with Crippen LogP contribution in [0.5, 0.6) is 5.75 Å². The van der Waals surface area contributed by atoms with E-state index in [0.29, 0.717) is 23.1 Å². The second-order valence-corrected chi connectivity index (χ2v) is 3.58. The molecule has 1 aromatic carbocycles. The lowest BCUT2D eigenvalue weighted by molar-refractivity contribution is 0.301. The van der Waals surface area contributed by atoms with Gasteiger partial charge < -0.3 is 10.5 Å². The number of aromatic nitrogens is 2. The molecule has 0 saturated carbocycles. The van der Waals surface area contributed by atoms with Crippen molar-refractivity contribution in [2.75, 3.05) is 5.73 Å². The summed E-state index contributed by atoms with van der Waals surface area (Å²) in [6, 6.07) is 5.11. The Morgan fingerprint density at radius 1 is 1.28 bits per heavy atom. The van der Waals surface area contributed by atoms with Gasteiger partial charge in [0.05, 0.1) is 16.9 Å². The van der Waals surface area contributed by atoms with Crippen molar-refractivity contribution in [3.05, 3.63) is 47.5 Å². The smallest absolute Gasteiger partial charge is 0.138 e. The van der Waals surface area contributed by atoms with Crippen molar-refractivity contribution < 1.29 is 4.74 Å². The number of anilines is 1. The van der Waals surface area contributed by atoms with E-state index >= 15 is 0 Å². The Bertz CT molecular complexity index is 477. The summed E-state index contributed by atoms with van der Waals surface area (Å²) in [6.45, 7) is 4.33. The molecule has 0 fully saturated rings. The SMILES string of the molecule is CC.Nc1ccc(OCc2cnccn2)c(Cl)c1. The molecule has 4 nitrogen and oxygen atoms in total. The van der Waals surface area contributed by atoms with Crippen molar-refractivity contribution in [2.24, 2.45) is 0 Å². The summed E-state index contributed by atoms with van der Waals surface area (Å²) in [5.74, 6) is 0.585. The molecule has 0 amide bonds. The van der Waals surface area contributed by atoms with Gasteiger partial charge in [-0.05, 0) is 18.2 Å². The number of hydrogen-bond acceptors (Lipinski definition) is 4. The number of benzene rings is 1. The normalized spacial score (nSPS) is 9.28. The minimum absolute atomic E-state index is 0.331. The Morgan fingerprint density at radius 2 is 2.06 bits per heavy atom. The van der Waals surface area contributed by atoms with Crippen LogP contribution in [0.3, 0.4) is 0 Å². The maximum atomic E-state index is 5.95. The third-order valence-corrected chi connectivity index (χ3v) is 2.24. The Hall–Kier alpha value is -1.81. The Labute approximate surface area is 112 Å². The Balaban J connectivity index is 0.000000771. The van der Waals surface area contributed by atoms with Crippen LogP contribution in [-0.4, -0.2) is 9.97 Å². The molecule has 1 aromatic heterocycles. The molecule has 1 heterocycles. The van der Waals surface area contributed by atoms with Gasteiger partial charge in [-0.25, -0.2) is 0 Å². The molecule has 0 aliphatic rings. The molecule has 0 aliphatic heterocycles. The zero-order chi connectivity index (χ0) is 13.4. The maximum absolute atomic E-state index is 5.95. The first-order valence-electron chi connectivity index (χ1n) is 5.68. The van der Waals surface area contributed by atoms with Crippen molar-refractivity contribution in [2.45, 2.75) is 20.5 Å². The van der Waals surface area contributed by atoms with Gasteiger partial charge in [0.2, 0.25) is 0 Å². The first-order valence-corrected chi connectivity index (χ1v) is 6.06. The van der Waals surface area contributed by atoms with Crippen LogP contribution < -0.4 is 10.5 Å². The van der Waals surface area contributed by atoms with Crippen LogP contribution in [0.4, 0.5) is 5.69 Å². The minimum Gasteiger partial charge on any atom is -0.486 e. The fraction of sp³-hybridized carbons (Fsp3) is 0.231. The molecule has 18 heavy (non-hydrogen) atoms. The summed E-state index contributed by atoms with van der Waals surface area (Å²) in [4.78, 5) is 8.02. The summed E-state index contributed by atoms with van der Waals surface area (Å²) < 4.78 is 5.49. The number of ether oxygens (including phenoxy) is 1. The fourth-order valence-corrected chi connectivity index (χ4v) is 1.43. The second kappa shape index (κ2) is 7.50. The van der Waals surface area contributed by atoms with Crippen LogP contribution in [0.25, 0.3) is 0 Å². The molecule has 2 N–H and O–H groups in total. The topological polar surface area (TPSA) is 61.0 Å². The van der Waals surface area contributed by atoms with Gasteiger partial charge in [-0.1, -0.05) is 25.4 Å². The molecule has 0 bridgehead atoms. The number of hydrogen-bond donors (Lipinski definition) is 1. The molecule has 96 valence electrons. The van der Waals surface area contributed by atoms with Gasteiger partial charge in [0.25, 0.3) is 0 Å². The Morgan fingerprint density at radius 3 is 2.67 bits per heavy atom. The van der Waals surface area contributed by atoms with E-state index < -0.39 is 0 Å². The van der Waals surface area contributed by atoms with Crippen LogP contribution in [-0.2, 0) is 6.61 Å². The first-order chi connectivity index (χ1) is 8.75. The predicted molar refractivity (Wildman–Crippen MR) is 73.6 cm³/mol. The molecule has 0 saturated heterocycles. The standard InChI is InChI=1S/C11H10ClN3O.C2H6/c12-10-5-8(13)1-2-11(10)16-7-9-6-14-3-4-15-9;1-2/h1-6H,7,13H2;1-2H3. The van der Waals surface area contributed by atoms with Gasteiger partial charge in [0, 0.05) is 18.1 Å². The number of nitrogens with zero attached hydrogens (tertiary/aromatic N) is 2. The van der Waals surface area contributed by atoms with Gasteiger partial charge >= 0.3 is 0 Å². The largest absolute Gasteiger partial charge is 0.486 e. The van der Waals surface area contributed by atoms with E-state index in [4.69, 9.17) is 22.1 Å². The molecular weight excluding hydrogens is 250 g/mol. The highest BCUT2D eigenvalue weighted by Gasteiger charge is 2.02. The van der Waals surface area contributed by atoms with Crippen LogP contribution >= 0.6 is 11.6 Å². The third-order valence-electron chi connectivity index (χ3n) is 1.95. The van der Waals surface area contributed by atoms with Gasteiger partial charge in [-0.2, -0.15) is 0 Å². The maximum Gasteiger partial charge on any atom is 0.138 e. The molecule has 0 unspecified atom stereocenters. The number of nitrogens with two attached hydrogens (primary N) is 1. The van der Waals surface area contributed by atoms with E-state index in [2.05, 4.69) is 9.97 Å². The van der Waals surface area contributed by atoms with Crippen LogP contribution in [0.1, 0.15) is 19.5 Å². The number of rotatable bonds is 3. The lowest BCUT2D eigenvalue weighted by Gasteiger charge is -2.07. The molecular formula is C13H16ClN3O. The molecule has 0 atom stereocenters. The van der Waals surface area contributed by atoms with Crippen molar-refractivity contribution in [3.63, 3.8) is 0 Å². The fourth-order valence-electron chi connectivity index (χ4n) is 1.19. The van der Waals surface area contributed by atoms with E-state index in [-0.39, 0.29) is 0 Å². The van der Waals surface area contributed by atoms with Gasteiger partial charge in [-0.15, -0.1) is 0 Å². The molecule has 2 aromatic rings. The molecule has 0 radical (unpaired) electrons. The summed E-state index contributed by atoms with van der Waals surface area (Å²) in [5.41, 5.74) is 6.93. The molecule has 0 spiro atoms. The van der Waals surface area contributed by atoms with Crippen LogP contribution in [0.15, 0.2) is 36.8 Å². The molecule has 0 aliphatic carbocycles. The van der Waals surface area contributed by atoms with Gasteiger partial charge in [0.1, 0.15) is 12.4 Å². The monoisotopic (exact) mass is 265 g/mol. The van der Waals surface area contributed by atoms with Gasteiger partial charge in [-0.3, -0.25) is 9.97 Å². The van der Waals surface area contributed by atoms with Crippen molar-refractivity contribution in [1.29, 1.82) is 0 Å². The first kappa shape index (κ1) is 14.3. The van der Waals surface area contributed by atoms with E-state index in [1.165, 1.54) is 0 Å². The quantitative estimate of drug-likeness (QED) is 0.865. The lowest BCUT2D eigenvalue weighted by atomic mass is 10.3. The summed E-state index contributed by atoms with van der Waals surface area (Å²) in [6.07, 6.45) is 4.87. The average molecular weight is 266 g/mol. The highest BCUT2D eigenvalue weighted by molar-refractivity contribution is 6.32. The number of halogens is 1. The second-order valence-electron chi connectivity index (χ2n) is 3.18. The molecule has 5 heteroatoms. The van der Waals surface area contributed by atoms with E-state index in [1.54, 1.807) is 36.8 Å². The highest BCUT2D eigenvalue weighted by Crippen LogP contribution is 2.26. The van der Waals surface area contributed by atoms with E-state index in [1.807, 2.05) is 13.8 Å². The average Bonchev–Trinajstić information content (AvgIpc) is 2.41. The zero-order valence-electron chi connectivity index (χ0n) is 10.4. The van der Waals surface area contributed by atoms with Crippen LogP contribution in [0, 0.1) is 0 Å². The van der Waals surface area contributed by atoms with Crippen LogP contribution in [0.2, 0.25) is 5.02 Å². The highest BCUT2D eigenvalue weighted by atomic mass is 35.5. The summed E-state index contributed by atoms with van der Waals surface area (Å²) >= 11 is 5.95. The van der Waals surface area contributed by atoms with Gasteiger partial charge in [0.15, 0.2) is 0 Å². The summed E-state index contributed by atoms with van der Waals surface area (Å²) in [5, 5.41) is 0.490. The predicted octanol–water partition coefficient (Wildman–Crippen LogP) is 3.32. The van der Waals surface area contributed by atoms with Crippen molar-refractivity contribution in [3.8, 4) is 5.75 Å². The van der Waals surface area contributed by atoms with E-state index in [0.717, 1.165) is 5.69 Å². The summed E-state index contributed by atoms with van der Waals surface area (Å²) in [7, 11) is 0. The number of nitrogen functional groups attached to an aromatic ring is 1. The Kier molecular flexibility index (Phi) is 5.94. The van der Waals surface area contributed by atoms with Crippen molar-refractivity contribution in [1.82, 2.24) is 9.97 Å². The molecule has 2 rings (SSSR count). The minimum atomic E-state index is 0.331. The third kappa shape index (κ3) is 4.22. The van der Waals surface area contributed by atoms with E-state index in [9.17, 15) is 0 Å². The lowest BCUT2D eigenvalue weighted by Crippen LogP contribution is -1.99. The zero-order valence-corrected chi connectivity index (χ0v) is 11.2. The van der Waals surface area contributed by atoms with Crippen molar-refractivity contribution >= 4 is 17.3 Å².